The number of aryl methyl sites for hydroxylation is 3. The number of hydrogen-bond donors (Lipinski definition) is 0. The fraction of sp³-hybridized carbons (Fsp3) is 0.167. The number of rotatable bonds is 8. The number of ether oxygens (including phenoxy) is 1. The molecule has 0 atom stereocenters. The number of aldehydes is 1. The first-order valence-corrected chi connectivity index (χ1v) is 12.2. The normalized spacial score (nSPS) is 10.8. The van der Waals surface area contributed by atoms with E-state index in [1.807, 2.05) is 30.3 Å². The zero-order chi connectivity index (χ0) is 23.2. The summed E-state index contributed by atoms with van der Waals surface area (Å²) in [5, 5.41) is 0. The van der Waals surface area contributed by atoms with Crippen LogP contribution >= 0.6 is 22.6 Å². The first kappa shape index (κ1) is 23.2. The van der Waals surface area contributed by atoms with Gasteiger partial charge in [0.25, 0.3) is 0 Å². The van der Waals surface area contributed by atoms with Crippen LogP contribution in [0.15, 0.2) is 84.9 Å². The lowest BCUT2D eigenvalue weighted by Gasteiger charge is -2.15. The Hall–Kier alpha value is -2.92. The number of carbonyl (C=O) groups is 1. The van der Waals surface area contributed by atoms with E-state index in [0.717, 1.165) is 30.3 Å². The summed E-state index contributed by atoms with van der Waals surface area (Å²) in [4.78, 5) is 11.7. The zero-order valence-electron chi connectivity index (χ0n) is 19.0. The van der Waals surface area contributed by atoms with Crippen LogP contribution in [0.5, 0.6) is 5.75 Å². The predicted octanol–water partition coefficient (Wildman–Crippen LogP) is 7.75. The molecule has 0 aliphatic carbocycles. The van der Waals surface area contributed by atoms with Gasteiger partial charge in [0.1, 0.15) is 12.4 Å². The van der Waals surface area contributed by atoms with Crippen LogP contribution in [0, 0.1) is 17.4 Å². The Morgan fingerprint density at radius 3 is 2.33 bits per heavy atom. The molecule has 0 aromatic heterocycles. The number of halogens is 1. The van der Waals surface area contributed by atoms with Crippen LogP contribution in [0.3, 0.4) is 0 Å². The summed E-state index contributed by atoms with van der Waals surface area (Å²) >= 11 is 2.30. The Labute approximate surface area is 209 Å². The molecule has 0 bridgehead atoms. The van der Waals surface area contributed by atoms with Gasteiger partial charge in [-0.25, -0.2) is 0 Å². The molecular weight excluding hydrogens is 519 g/mol. The van der Waals surface area contributed by atoms with E-state index in [-0.39, 0.29) is 0 Å². The van der Waals surface area contributed by atoms with Gasteiger partial charge < -0.3 is 4.74 Å². The minimum atomic E-state index is 0.443. The van der Waals surface area contributed by atoms with Gasteiger partial charge in [-0.1, -0.05) is 60.7 Å². The molecule has 0 spiro atoms. The van der Waals surface area contributed by atoms with Crippen molar-refractivity contribution < 1.29 is 9.53 Å². The second-order valence-electron chi connectivity index (χ2n) is 8.31. The Balaban J connectivity index is 1.54. The van der Waals surface area contributed by atoms with Crippen LogP contribution in [-0.4, -0.2) is 6.29 Å². The van der Waals surface area contributed by atoms with E-state index < -0.39 is 0 Å². The molecule has 0 N–H and O–H groups in total. The van der Waals surface area contributed by atoms with Crippen molar-refractivity contribution in [2.24, 2.45) is 0 Å². The number of carbonyl (C=O) groups excluding carboxylic acids is 1. The lowest BCUT2D eigenvalue weighted by molar-refractivity contribution is 0.111. The minimum absolute atomic E-state index is 0.443. The standard InChI is InChI=1S/C30H27IO2/c1-21-16-27(19-32)30(33-20-23-8-6-12-28(31)17-23)18-26(21)15-14-24-11-7-13-29(22(24)2)25-9-4-3-5-10-25/h3-13,16-19H,14-15,20H2,1-2H3. The van der Waals surface area contributed by atoms with E-state index >= 15 is 0 Å². The fourth-order valence-corrected chi connectivity index (χ4v) is 4.79. The van der Waals surface area contributed by atoms with Gasteiger partial charge in [0.15, 0.2) is 6.29 Å². The molecular formula is C30H27IO2. The van der Waals surface area contributed by atoms with Crippen molar-refractivity contribution in [3.05, 3.63) is 122 Å². The Morgan fingerprint density at radius 2 is 1.58 bits per heavy atom. The molecule has 0 fully saturated rings. The molecule has 33 heavy (non-hydrogen) atoms. The summed E-state index contributed by atoms with van der Waals surface area (Å²) in [6.45, 7) is 4.72. The molecule has 4 rings (SSSR count). The van der Waals surface area contributed by atoms with Crippen LogP contribution in [0.4, 0.5) is 0 Å². The lowest BCUT2D eigenvalue weighted by atomic mass is 9.92. The molecule has 0 amide bonds. The van der Waals surface area contributed by atoms with Gasteiger partial charge in [-0.3, -0.25) is 4.79 Å². The van der Waals surface area contributed by atoms with Gasteiger partial charge in [-0.2, -0.15) is 0 Å². The second-order valence-corrected chi connectivity index (χ2v) is 9.55. The Morgan fingerprint density at radius 1 is 0.818 bits per heavy atom. The topological polar surface area (TPSA) is 26.3 Å². The summed E-state index contributed by atoms with van der Waals surface area (Å²) in [5.41, 5.74) is 9.21. The first-order valence-electron chi connectivity index (χ1n) is 11.1. The van der Waals surface area contributed by atoms with Crippen LogP contribution in [0.1, 0.15) is 38.2 Å². The fourth-order valence-electron chi connectivity index (χ4n) is 4.18. The number of hydrogen-bond acceptors (Lipinski definition) is 2. The van der Waals surface area contributed by atoms with Crippen molar-refractivity contribution in [3.63, 3.8) is 0 Å². The highest BCUT2D eigenvalue weighted by Gasteiger charge is 2.11. The highest BCUT2D eigenvalue weighted by atomic mass is 127. The van der Waals surface area contributed by atoms with Crippen LogP contribution < -0.4 is 4.74 Å². The van der Waals surface area contributed by atoms with Gasteiger partial charge in [-0.05, 0) is 112 Å². The third kappa shape index (κ3) is 5.72. The van der Waals surface area contributed by atoms with E-state index in [9.17, 15) is 4.79 Å². The van der Waals surface area contributed by atoms with E-state index in [4.69, 9.17) is 4.74 Å². The molecule has 0 radical (unpaired) electrons. The van der Waals surface area contributed by atoms with Crippen molar-refractivity contribution in [2.75, 3.05) is 0 Å². The van der Waals surface area contributed by atoms with E-state index in [0.29, 0.717) is 17.9 Å². The van der Waals surface area contributed by atoms with E-state index in [1.165, 1.54) is 31.4 Å². The quantitative estimate of drug-likeness (QED) is 0.167. The average Bonchev–Trinajstić information content (AvgIpc) is 2.83. The molecule has 0 aliphatic rings. The molecule has 0 saturated heterocycles. The molecule has 0 aliphatic heterocycles. The summed E-state index contributed by atoms with van der Waals surface area (Å²) in [5.74, 6) is 0.652. The highest BCUT2D eigenvalue weighted by Crippen LogP contribution is 2.28. The molecule has 4 aromatic rings. The van der Waals surface area contributed by atoms with Crippen molar-refractivity contribution in [1.82, 2.24) is 0 Å². The Kier molecular flexibility index (Phi) is 7.61. The van der Waals surface area contributed by atoms with Crippen molar-refractivity contribution in [3.8, 4) is 16.9 Å². The van der Waals surface area contributed by atoms with Crippen LogP contribution in [0.25, 0.3) is 11.1 Å². The average molecular weight is 546 g/mol. The monoisotopic (exact) mass is 546 g/mol. The summed E-state index contributed by atoms with van der Waals surface area (Å²) in [6.07, 6.45) is 2.71. The van der Waals surface area contributed by atoms with Crippen molar-refractivity contribution in [1.29, 1.82) is 0 Å². The first-order chi connectivity index (χ1) is 16.0. The molecule has 166 valence electrons. The summed E-state index contributed by atoms with van der Waals surface area (Å²) in [7, 11) is 0. The van der Waals surface area contributed by atoms with Crippen LogP contribution in [0.2, 0.25) is 0 Å². The molecule has 0 saturated carbocycles. The molecule has 3 heteroatoms. The molecule has 0 heterocycles. The predicted molar refractivity (Wildman–Crippen MR) is 144 cm³/mol. The largest absolute Gasteiger partial charge is 0.488 e. The number of benzene rings is 4. The minimum Gasteiger partial charge on any atom is -0.488 e. The zero-order valence-corrected chi connectivity index (χ0v) is 21.1. The smallest absolute Gasteiger partial charge is 0.153 e. The Bertz CT molecular complexity index is 1260. The molecule has 2 nitrogen and oxygen atoms in total. The third-order valence-electron chi connectivity index (χ3n) is 6.07. The van der Waals surface area contributed by atoms with Gasteiger partial charge in [0.05, 0.1) is 5.56 Å². The van der Waals surface area contributed by atoms with Gasteiger partial charge >= 0.3 is 0 Å². The van der Waals surface area contributed by atoms with E-state index in [2.05, 4.69) is 91.0 Å². The lowest BCUT2D eigenvalue weighted by Crippen LogP contribution is -2.03. The third-order valence-corrected chi connectivity index (χ3v) is 6.74. The van der Waals surface area contributed by atoms with Crippen LogP contribution in [-0.2, 0) is 19.4 Å². The van der Waals surface area contributed by atoms with Gasteiger partial charge in [0, 0.05) is 3.57 Å². The van der Waals surface area contributed by atoms with Gasteiger partial charge in [0.2, 0.25) is 0 Å². The summed E-state index contributed by atoms with van der Waals surface area (Å²) in [6, 6.07) is 29.3. The maximum Gasteiger partial charge on any atom is 0.153 e. The highest BCUT2D eigenvalue weighted by molar-refractivity contribution is 14.1. The van der Waals surface area contributed by atoms with Gasteiger partial charge in [-0.15, -0.1) is 0 Å². The van der Waals surface area contributed by atoms with Crippen molar-refractivity contribution in [2.45, 2.75) is 33.3 Å². The maximum absolute atomic E-state index is 11.7. The SMILES string of the molecule is Cc1cc(C=O)c(OCc2cccc(I)c2)cc1CCc1cccc(-c2ccccc2)c1C. The summed E-state index contributed by atoms with van der Waals surface area (Å²) < 4.78 is 7.25. The maximum atomic E-state index is 11.7. The second kappa shape index (κ2) is 10.8. The molecule has 4 aromatic carbocycles. The molecule has 0 unspecified atom stereocenters. The van der Waals surface area contributed by atoms with E-state index in [1.54, 1.807) is 0 Å². The van der Waals surface area contributed by atoms with Crippen molar-refractivity contribution >= 4 is 28.9 Å².